The predicted molar refractivity (Wildman–Crippen MR) is 91.6 cm³/mol. The van der Waals surface area contributed by atoms with Crippen molar-refractivity contribution in [1.82, 2.24) is 4.98 Å². The molecule has 2 heterocycles. The van der Waals surface area contributed by atoms with Crippen LogP contribution in [0.1, 0.15) is 48.6 Å². The Balaban J connectivity index is 2.08. The lowest BCUT2D eigenvalue weighted by Crippen LogP contribution is -3.15. The van der Waals surface area contributed by atoms with E-state index >= 15 is 0 Å². The van der Waals surface area contributed by atoms with Crippen LogP contribution in [0.3, 0.4) is 0 Å². The molecule has 1 saturated heterocycles. The smallest absolute Gasteiger partial charge is 0.198 e. The van der Waals surface area contributed by atoms with Gasteiger partial charge in [-0.2, -0.15) is 0 Å². The lowest BCUT2D eigenvalue weighted by Gasteiger charge is -2.30. The van der Waals surface area contributed by atoms with Crippen molar-refractivity contribution in [2.75, 3.05) is 6.54 Å². The zero-order valence-corrected chi connectivity index (χ0v) is 14.2. The van der Waals surface area contributed by atoms with Crippen molar-refractivity contribution in [3.05, 3.63) is 44.7 Å². The molecule has 0 radical (unpaired) electrons. The molecule has 2 atom stereocenters. The monoisotopic (exact) mass is 299 g/mol. The summed E-state index contributed by atoms with van der Waals surface area (Å²) in [7, 11) is 0. The van der Waals surface area contributed by atoms with Gasteiger partial charge in [0, 0.05) is 11.1 Å². The van der Waals surface area contributed by atoms with Crippen molar-refractivity contribution in [1.29, 1.82) is 0 Å². The van der Waals surface area contributed by atoms with Crippen LogP contribution >= 0.6 is 0 Å². The number of H-pyrrole nitrogens is 1. The molecule has 2 aromatic rings. The highest BCUT2D eigenvalue weighted by atomic mass is 16.1. The zero-order valence-electron chi connectivity index (χ0n) is 14.2. The van der Waals surface area contributed by atoms with Crippen LogP contribution in [-0.2, 0) is 6.54 Å². The van der Waals surface area contributed by atoms with Gasteiger partial charge >= 0.3 is 0 Å². The lowest BCUT2D eigenvalue weighted by atomic mass is 9.99. The minimum absolute atomic E-state index is 0.231. The Hall–Kier alpha value is -1.61. The van der Waals surface area contributed by atoms with Crippen molar-refractivity contribution in [3.63, 3.8) is 0 Å². The minimum Gasteiger partial charge on any atom is -0.358 e. The van der Waals surface area contributed by atoms with E-state index in [4.69, 9.17) is 0 Å². The highest BCUT2D eigenvalue weighted by molar-refractivity contribution is 5.83. The van der Waals surface area contributed by atoms with E-state index in [1.165, 1.54) is 31.4 Å². The van der Waals surface area contributed by atoms with Gasteiger partial charge in [-0.25, -0.2) is 0 Å². The van der Waals surface area contributed by atoms with Crippen LogP contribution in [0.4, 0.5) is 0 Å². The summed E-state index contributed by atoms with van der Waals surface area (Å²) in [6.45, 7) is 10.5. The summed E-state index contributed by atoms with van der Waals surface area (Å²) in [5, 5.41) is 0.871. The third-order valence-electron chi connectivity index (χ3n) is 5.24. The molecule has 1 aliphatic heterocycles. The first-order chi connectivity index (χ1) is 10.5. The summed E-state index contributed by atoms with van der Waals surface area (Å²) in [5.74, 6) is 0. The maximum atomic E-state index is 13.0. The molecule has 0 amide bonds. The maximum absolute atomic E-state index is 13.0. The topological polar surface area (TPSA) is 37.3 Å². The molecule has 3 rings (SSSR count). The molecule has 118 valence electrons. The Morgan fingerprint density at radius 3 is 2.73 bits per heavy atom. The Morgan fingerprint density at radius 1 is 1.23 bits per heavy atom. The van der Waals surface area contributed by atoms with E-state index in [9.17, 15) is 4.79 Å². The van der Waals surface area contributed by atoms with Gasteiger partial charge in [-0.3, -0.25) is 4.79 Å². The fraction of sp³-hybridized carbons (Fsp3) is 0.526. The Kier molecular flexibility index (Phi) is 4.09. The molecule has 3 nitrogen and oxygen atoms in total. The molecule has 3 heteroatoms. The summed E-state index contributed by atoms with van der Waals surface area (Å²) in [4.78, 5) is 18.1. The number of aryl methyl sites for hydroxylation is 3. The molecule has 1 aromatic carbocycles. The molecule has 0 bridgehead atoms. The van der Waals surface area contributed by atoms with E-state index in [0.717, 1.165) is 34.3 Å². The molecule has 0 saturated carbocycles. The van der Waals surface area contributed by atoms with E-state index in [1.54, 1.807) is 4.90 Å². The molecule has 22 heavy (non-hydrogen) atoms. The number of aromatic amines is 1. The zero-order chi connectivity index (χ0) is 15.9. The van der Waals surface area contributed by atoms with Gasteiger partial charge in [0.1, 0.15) is 6.54 Å². The van der Waals surface area contributed by atoms with Gasteiger partial charge in [-0.15, -0.1) is 0 Å². The molecule has 0 spiro atoms. The van der Waals surface area contributed by atoms with Crippen LogP contribution in [0.15, 0.2) is 16.9 Å². The van der Waals surface area contributed by atoms with Crippen molar-refractivity contribution in [3.8, 4) is 0 Å². The highest BCUT2D eigenvalue weighted by Gasteiger charge is 2.24. The number of quaternary nitrogens is 1. The van der Waals surface area contributed by atoms with Crippen LogP contribution in [0.5, 0.6) is 0 Å². The first-order valence-corrected chi connectivity index (χ1v) is 8.44. The second kappa shape index (κ2) is 5.88. The number of hydrogen-bond donors (Lipinski definition) is 2. The number of benzene rings is 1. The molecular formula is C19H27N2O+. The van der Waals surface area contributed by atoms with Gasteiger partial charge in [0.05, 0.1) is 23.7 Å². The highest BCUT2D eigenvalue weighted by Crippen LogP contribution is 2.17. The fourth-order valence-electron chi connectivity index (χ4n) is 3.92. The first-order valence-electron chi connectivity index (χ1n) is 8.44. The lowest BCUT2D eigenvalue weighted by molar-refractivity contribution is -0.942. The number of nitrogens with one attached hydrogen (secondary N) is 2. The first kappa shape index (κ1) is 15.3. The average molecular weight is 299 g/mol. The Morgan fingerprint density at radius 2 is 2.00 bits per heavy atom. The van der Waals surface area contributed by atoms with Gasteiger partial charge in [0.2, 0.25) is 0 Å². The van der Waals surface area contributed by atoms with Gasteiger partial charge in [-0.05, 0) is 64.2 Å². The normalized spacial score (nSPS) is 22.2. The maximum Gasteiger partial charge on any atom is 0.198 e. The van der Waals surface area contributed by atoms with E-state index in [2.05, 4.69) is 31.0 Å². The van der Waals surface area contributed by atoms with Gasteiger partial charge < -0.3 is 9.88 Å². The molecule has 1 aromatic heterocycles. The summed E-state index contributed by atoms with van der Waals surface area (Å²) in [6.07, 6.45) is 3.89. The van der Waals surface area contributed by atoms with Crippen LogP contribution in [0, 0.1) is 20.8 Å². The summed E-state index contributed by atoms with van der Waals surface area (Å²) >= 11 is 0. The van der Waals surface area contributed by atoms with Crippen molar-refractivity contribution in [2.45, 2.75) is 59.5 Å². The number of piperidine rings is 1. The third kappa shape index (κ3) is 2.70. The van der Waals surface area contributed by atoms with Gasteiger partial charge in [-0.1, -0.05) is 6.07 Å². The fourth-order valence-corrected chi connectivity index (χ4v) is 3.92. The number of rotatable bonds is 2. The van der Waals surface area contributed by atoms with Crippen LogP contribution in [0.25, 0.3) is 10.9 Å². The standard InChI is InChI=1S/C19H26N2O/c1-12-9-13(2)18-17(10-12)20-15(4)16(19(18)22)11-21-8-6-5-7-14(21)3/h9-10,14H,5-8,11H2,1-4H3,(H,20,22)/p+1/t14-/m0/s1. The minimum atomic E-state index is 0.231. The number of aromatic nitrogens is 1. The summed E-state index contributed by atoms with van der Waals surface area (Å²) < 4.78 is 0. The Bertz CT molecular complexity index is 760. The second-order valence-corrected chi connectivity index (χ2v) is 7.04. The van der Waals surface area contributed by atoms with Crippen molar-refractivity contribution in [2.24, 2.45) is 0 Å². The van der Waals surface area contributed by atoms with Crippen molar-refractivity contribution < 1.29 is 4.90 Å². The van der Waals surface area contributed by atoms with Gasteiger partial charge in [0.25, 0.3) is 0 Å². The molecule has 1 fully saturated rings. The SMILES string of the molecule is Cc1cc(C)c2c(=O)c(C[NH+]3CCCC[C@@H]3C)c(C)[nH]c2c1. The van der Waals surface area contributed by atoms with Gasteiger partial charge in [0.15, 0.2) is 5.43 Å². The molecule has 1 aliphatic rings. The molecule has 0 aliphatic carbocycles. The second-order valence-electron chi connectivity index (χ2n) is 7.04. The van der Waals surface area contributed by atoms with Crippen LogP contribution in [0.2, 0.25) is 0 Å². The largest absolute Gasteiger partial charge is 0.358 e. The number of likely N-dealkylation sites (tertiary alicyclic amines) is 1. The molecular weight excluding hydrogens is 272 g/mol. The summed E-state index contributed by atoms with van der Waals surface area (Å²) in [5.41, 5.74) is 5.50. The van der Waals surface area contributed by atoms with E-state index < -0.39 is 0 Å². The molecule has 1 unspecified atom stereocenters. The summed E-state index contributed by atoms with van der Waals surface area (Å²) in [6, 6.07) is 4.84. The van der Waals surface area contributed by atoms with E-state index in [1.807, 2.05) is 13.8 Å². The van der Waals surface area contributed by atoms with Crippen molar-refractivity contribution >= 4 is 10.9 Å². The number of pyridine rings is 1. The van der Waals surface area contributed by atoms with Crippen LogP contribution < -0.4 is 10.3 Å². The predicted octanol–water partition coefficient (Wildman–Crippen LogP) is 2.41. The third-order valence-corrected chi connectivity index (χ3v) is 5.24. The number of fused-ring (bicyclic) bond motifs is 1. The van der Waals surface area contributed by atoms with E-state index in [-0.39, 0.29) is 5.43 Å². The number of hydrogen-bond acceptors (Lipinski definition) is 1. The Labute approximate surface area is 132 Å². The quantitative estimate of drug-likeness (QED) is 0.878. The van der Waals surface area contributed by atoms with E-state index in [0.29, 0.717) is 6.04 Å². The molecule has 2 N–H and O–H groups in total. The average Bonchev–Trinajstić information content (AvgIpc) is 2.44. The van der Waals surface area contributed by atoms with Crippen LogP contribution in [-0.4, -0.2) is 17.6 Å².